The maximum Gasteiger partial charge on any atom is 0.0343 e. The minimum absolute atomic E-state index is 0.158. The van der Waals surface area contributed by atoms with E-state index in [0.717, 1.165) is 0 Å². The topological polar surface area (TPSA) is 0 Å². The van der Waals surface area contributed by atoms with E-state index in [9.17, 15) is 0 Å². The predicted octanol–water partition coefficient (Wildman–Crippen LogP) is 8.84. The van der Waals surface area contributed by atoms with Crippen LogP contribution in [0.3, 0.4) is 0 Å². The highest BCUT2D eigenvalue weighted by Gasteiger charge is 2.22. The lowest BCUT2D eigenvalue weighted by Crippen LogP contribution is -2.13. The van der Waals surface area contributed by atoms with Crippen molar-refractivity contribution in [3.63, 3.8) is 0 Å². The molecule has 0 radical (unpaired) electrons. The molecule has 0 saturated heterocycles. The number of aryl methyl sites for hydroxylation is 2. The summed E-state index contributed by atoms with van der Waals surface area (Å²) >= 11 is 3.77. The molecule has 0 amide bonds. The van der Waals surface area contributed by atoms with Gasteiger partial charge in [0.25, 0.3) is 0 Å². The molecule has 0 aromatic heterocycles. The van der Waals surface area contributed by atoms with Crippen LogP contribution in [0.25, 0.3) is 0 Å². The summed E-state index contributed by atoms with van der Waals surface area (Å²) in [6.07, 6.45) is 0. The fourth-order valence-corrected chi connectivity index (χ4v) is 4.42. The molecule has 0 atom stereocenters. The Bertz CT molecular complexity index is 953. The fourth-order valence-electron chi connectivity index (χ4n) is 4.05. The van der Waals surface area contributed by atoms with Crippen LogP contribution in [0.15, 0.2) is 65.1 Å². The van der Waals surface area contributed by atoms with Crippen LogP contribution in [0.1, 0.15) is 86.4 Å². The van der Waals surface area contributed by atoms with Gasteiger partial charge in [-0.2, -0.15) is 0 Å². The van der Waals surface area contributed by atoms with Crippen LogP contribution in [-0.2, 0) is 10.8 Å². The van der Waals surface area contributed by atoms with Crippen LogP contribution in [0.2, 0.25) is 0 Å². The predicted molar refractivity (Wildman–Crippen MR) is 135 cm³/mol. The molecule has 0 bridgehead atoms. The number of benzene rings is 3. The summed E-state index contributed by atoms with van der Waals surface area (Å²) in [5, 5.41) is 0. The molecular formula is C29H35Br. The van der Waals surface area contributed by atoms with E-state index in [0.29, 0.717) is 0 Å². The molecule has 0 fully saturated rings. The summed E-state index contributed by atoms with van der Waals surface area (Å²) in [7, 11) is 0. The molecule has 0 aliphatic carbocycles. The van der Waals surface area contributed by atoms with Crippen molar-refractivity contribution in [2.24, 2.45) is 0 Å². The highest BCUT2D eigenvalue weighted by molar-refractivity contribution is 9.10. The average Bonchev–Trinajstić information content (AvgIpc) is 2.65. The summed E-state index contributed by atoms with van der Waals surface area (Å²) in [4.78, 5) is 0. The van der Waals surface area contributed by atoms with Gasteiger partial charge in [0.15, 0.2) is 0 Å². The quantitative estimate of drug-likeness (QED) is 0.340. The van der Waals surface area contributed by atoms with E-state index in [2.05, 4.69) is 132 Å². The van der Waals surface area contributed by atoms with Crippen LogP contribution in [0, 0.1) is 13.8 Å². The maximum atomic E-state index is 3.77. The van der Waals surface area contributed by atoms with Gasteiger partial charge in [-0.1, -0.05) is 112 Å². The molecule has 0 N–H and O–H groups in total. The van der Waals surface area contributed by atoms with Gasteiger partial charge in [0.2, 0.25) is 0 Å². The minimum atomic E-state index is 0.158. The smallest absolute Gasteiger partial charge is 0.0343 e. The van der Waals surface area contributed by atoms with Gasteiger partial charge in [-0.15, -0.1) is 0 Å². The Morgan fingerprint density at radius 2 is 1.00 bits per heavy atom. The van der Waals surface area contributed by atoms with Crippen LogP contribution in [-0.4, -0.2) is 0 Å². The summed E-state index contributed by atoms with van der Waals surface area (Å²) in [5.74, 6) is 0.213. The second kappa shape index (κ2) is 8.35. The van der Waals surface area contributed by atoms with E-state index in [-0.39, 0.29) is 16.7 Å². The molecule has 0 nitrogen and oxygen atoms in total. The van der Waals surface area contributed by atoms with Crippen molar-refractivity contribution in [1.29, 1.82) is 0 Å². The largest absolute Gasteiger partial charge is 0.0582 e. The van der Waals surface area contributed by atoms with Gasteiger partial charge in [-0.25, -0.2) is 0 Å². The Kier molecular flexibility index (Phi) is 6.35. The number of hydrogen-bond donors (Lipinski definition) is 0. The zero-order chi connectivity index (χ0) is 22.3. The lowest BCUT2D eigenvalue weighted by Gasteiger charge is -2.25. The molecule has 3 rings (SSSR count). The Morgan fingerprint density at radius 3 is 1.37 bits per heavy atom. The number of hydrogen-bond acceptors (Lipinski definition) is 0. The first kappa shape index (κ1) is 22.8. The van der Waals surface area contributed by atoms with Gasteiger partial charge < -0.3 is 0 Å². The molecule has 0 spiro atoms. The lowest BCUT2D eigenvalue weighted by molar-refractivity contribution is 0.589. The van der Waals surface area contributed by atoms with E-state index < -0.39 is 0 Å². The van der Waals surface area contributed by atoms with Gasteiger partial charge in [0.05, 0.1) is 0 Å². The van der Waals surface area contributed by atoms with Crippen molar-refractivity contribution >= 4 is 15.9 Å². The molecule has 3 aromatic carbocycles. The molecule has 0 aliphatic rings. The van der Waals surface area contributed by atoms with E-state index in [1.165, 1.54) is 43.4 Å². The summed E-state index contributed by atoms with van der Waals surface area (Å²) in [6.45, 7) is 18.0. The molecule has 0 heterocycles. The van der Waals surface area contributed by atoms with Crippen LogP contribution in [0.5, 0.6) is 0 Å². The SMILES string of the molecule is Cc1cc(C)c(C(c2ccc(C(C)(C)C)cc2)c2ccc(C(C)(C)C)cc2)cc1Br. The molecule has 0 aliphatic heterocycles. The molecule has 30 heavy (non-hydrogen) atoms. The van der Waals surface area contributed by atoms with Crippen LogP contribution < -0.4 is 0 Å². The molecule has 0 saturated carbocycles. The summed E-state index contributed by atoms with van der Waals surface area (Å²) < 4.78 is 1.17. The highest BCUT2D eigenvalue weighted by Crippen LogP contribution is 2.38. The van der Waals surface area contributed by atoms with Crippen molar-refractivity contribution in [3.05, 3.63) is 104 Å². The number of halogens is 1. The first-order valence-corrected chi connectivity index (χ1v) is 11.6. The zero-order valence-corrected chi connectivity index (χ0v) is 21.3. The molecule has 3 aromatic rings. The van der Waals surface area contributed by atoms with E-state index >= 15 is 0 Å². The van der Waals surface area contributed by atoms with E-state index in [1.54, 1.807) is 0 Å². The Hall–Kier alpha value is -1.86. The fraction of sp³-hybridized carbons (Fsp3) is 0.379. The molecule has 0 unspecified atom stereocenters. The normalized spacial score (nSPS) is 12.5. The Labute approximate surface area is 191 Å². The lowest BCUT2D eigenvalue weighted by atomic mass is 9.79. The van der Waals surface area contributed by atoms with Gasteiger partial charge in [-0.3, -0.25) is 0 Å². The monoisotopic (exact) mass is 462 g/mol. The first-order valence-electron chi connectivity index (χ1n) is 10.9. The Balaban J connectivity index is 2.16. The number of rotatable bonds is 3. The standard InChI is InChI=1S/C29H35Br/c1-19-17-20(2)26(30)18-25(19)27(21-9-13-23(14-10-21)28(3,4)5)22-11-15-24(16-12-22)29(6,7)8/h9-18,27H,1-8H3. The summed E-state index contributed by atoms with van der Waals surface area (Å²) in [5.41, 5.74) is 9.71. The molecular weight excluding hydrogens is 428 g/mol. The van der Waals surface area contributed by atoms with Crippen molar-refractivity contribution in [1.82, 2.24) is 0 Å². The average molecular weight is 464 g/mol. The van der Waals surface area contributed by atoms with E-state index in [4.69, 9.17) is 0 Å². The van der Waals surface area contributed by atoms with Crippen molar-refractivity contribution in [3.8, 4) is 0 Å². The van der Waals surface area contributed by atoms with Gasteiger partial charge in [-0.05, 0) is 69.7 Å². The van der Waals surface area contributed by atoms with E-state index in [1.807, 2.05) is 0 Å². The van der Waals surface area contributed by atoms with Gasteiger partial charge in [0, 0.05) is 10.4 Å². The van der Waals surface area contributed by atoms with Crippen LogP contribution in [0.4, 0.5) is 0 Å². The maximum absolute atomic E-state index is 3.77. The molecule has 158 valence electrons. The Morgan fingerprint density at radius 1 is 0.600 bits per heavy atom. The second-order valence-electron chi connectivity index (χ2n) is 10.6. The zero-order valence-electron chi connectivity index (χ0n) is 19.7. The third-order valence-corrected chi connectivity index (χ3v) is 6.93. The van der Waals surface area contributed by atoms with Crippen molar-refractivity contribution in [2.75, 3.05) is 0 Å². The van der Waals surface area contributed by atoms with Crippen LogP contribution >= 0.6 is 15.9 Å². The minimum Gasteiger partial charge on any atom is -0.0582 e. The van der Waals surface area contributed by atoms with Gasteiger partial charge >= 0.3 is 0 Å². The molecule has 1 heteroatoms. The summed E-state index contributed by atoms with van der Waals surface area (Å²) in [6, 6.07) is 23.0. The highest BCUT2D eigenvalue weighted by atomic mass is 79.9. The van der Waals surface area contributed by atoms with Crippen molar-refractivity contribution < 1.29 is 0 Å². The second-order valence-corrected chi connectivity index (χ2v) is 11.5. The van der Waals surface area contributed by atoms with Gasteiger partial charge in [0.1, 0.15) is 0 Å². The third-order valence-electron chi connectivity index (χ3n) is 6.08. The first-order chi connectivity index (χ1) is 13.9. The third kappa shape index (κ3) is 4.89. The van der Waals surface area contributed by atoms with Crippen molar-refractivity contribution in [2.45, 2.75) is 72.1 Å².